The van der Waals surface area contributed by atoms with E-state index in [-0.39, 0.29) is 5.41 Å². The van der Waals surface area contributed by atoms with Crippen LogP contribution >= 0.6 is 0 Å². The van der Waals surface area contributed by atoms with E-state index in [4.69, 9.17) is 4.74 Å². The van der Waals surface area contributed by atoms with Gasteiger partial charge in [0.1, 0.15) is 5.60 Å². The second-order valence-corrected chi connectivity index (χ2v) is 4.32. The normalized spacial score (nSPS) is 32.2. The van der Waals surface area contributed by atoms with E-state index in [1.807, 2.05) is 32.2 Å². The van der Waals surface area contributed by atoms with Gasteiger partial charge in [0.05, 0.1) is 13.2 Å². The zero-order chi connectivity index (χ0) is 9.53. The molecule has 0 amide bonds. The molecule has 1 saturated heterocycles. The minimum absolute atomic E-state index is 0.224. The van der Waals surface area contributed by atoms with Crippen molar-refractivity contribution in [3.63, 3.8) is 0 Å². The van der Waals surface area contributed by atoms with Crippen LogP contribution in [0, 0.1) is 5.41 Å². The molecule has 13 heavy (non-hydrogen) atoms. The molecule has 0 bridgehead atoms. The van der Waals surface area contributed by atoms with Gasteiger partial charge in [-0.2, -0.15) is 0 Å². The molecule has 1 fully saturated rings. The van der Waals surface area contributed by atoms with E-state index >= 15 is 0 Å². The van der Waals surface area contributed by atoms with Gasteiger partial charge in [-0.25, -0.2) is 0 Å². The maximum atomic E-state index is 10.4. The van der Waals surface area contributed by atoms with Crippen LogP contribution in [0.2, 0.25) is 0 Å². The van der Waals surface area contributed by atoms with E-state index in [2.05, 4.69) is 4.98 Å². The molecule has 1 aromatic heterocycles. The Balaban J connectivity index is 2.40. The monoisotopic (exact) mass is 181 g/mol. The summed E-state index contributed by atoms with van der Waals surface area (Å²) in [5, 5.41) is 10.4. The Morgan fingerprint density at radius 3 is 2.69 bits per heavy atom. The highest BCUT2D eigenvalue weighted by atomic mass is 16.5. The first-order valence-electron chi connectivity index (χ1n) is 4.50. The molecule has 2 rings (SSSR count). The summed E-state index contributed by atoms with van der Waals surface area (Å²) < 4.78 is 5.33. The van der Waals surface area contributed by atoms with Gasteiger partial charge in [-0.05, 0) is 12.1 Å². The molecule has 1 aromatic rings. The Morgan fingerprint density at radius 1 is 1.46 bits per heavy atom. The van der Waals surface area contributed by atoms with Crippen LogP contribution in [0.4, 0.5) is 0 Å². The van der Waals surface area contributed by atoms with Gasteiger partial charge in [-0.1, -0.05) is 13.8 Å². The SMILES string of the molecule is CC1(C)COCC1(O)c1ccc[nH]1. The van der Waals surface area contributed by atoms with Gasteiger partial charge in [0.25, 0.3) is 0 Å². The summed E-state index contributed by atoms with van der Waals surface area (Å²) in [6.45, 7) is 5.00. The fourth-order valence-electron chi connectivity index (χ4n) is 1.80. The minimum Gasteiger partial charge on any atom is -0.381 e. The van der Waals surface area contributed by atoms with E-state index in [1.54, 1.807) is 0 Å². The number of aromatic nitrogens is 1. The van der Waals surface area contributed by atoms with Gasteiger partial charge in [0, 0.05) is 17.3 Å². The molecular formula is C10H15NO2. The highest BCUT2D eigenvalue weighted by Crippen LogP contribution is 2.43. The zero-order valence-corrected chi connectivity index (χ0v) is 8.00. The molecule has 1 unspecified atom stereocenters. The lowest BCUT2D eigenvalue weighted by molar-refractivity contribution is -0.0415. The Bertz CT molecular complexity index is 292. The maximum Gasteiger partial charge on any atom is 0.135 e. The lowest BCUT2D eigenvalue weighted by Crippen LogP contribution is -2.41. The van der Waals surface area contributed by atoms with Crippen molar-refractivity contribution >= 4 is 0 Å². The van der Waals surface area contributed by atoms with Crippen LogP contribution in [0.25, 0.3) is 0 Å². The van der Waals surface area contributed by atoms with Gasteiger partial charge >= 0.3 is 0 Å². The van der Waals surface area contributed by atoms with E-state index in [0.29, 0.717) is 13.2 Å². The number of H-pyrrole nitrogens is 1. The van der Waals surface area contributed by atoms with Crippen molar-refractivity contribution in [2.24, 2.45) is 5.41 Å². The molecule has 0 aromatic carbocycles. The molecule has 3 nitrogen and oxygen atoms in total. The second kappa shape index (κ2) is 2.59. The topological polar surface area (TPSA) is 45.2 Å². The molecular weight excluding hydrogens is 166 g/mol. The number of rotatable bonds is 1. The van der Waals surface area contributed by atoms with Crippen LogP contribution in [0.15, 0.2) is 18.3 Å². The van der Waals surface area contributed by atoms with Crippen molar-refractivity contribution < 1.29 is 9.84 Å². The smallest absolute Gasteiger partial charge is 0.135 e. The summed E-state index contributed by atoms with van der Waals surface area (Å²) in [7, 11) is 0. The van der Waals surface area contributed by atoms with Crippen LogP contribution in [-0.2, 0) is 10.3 Å². The van der Waals surface area contributed by atoms with Crippen molar-refractivity contribution in [1.82, 2.24) is 4.98 Å². The fourth-order valence-corrected chi connectivity index (χ4v) is 1.80. The molecule has 0 aliphatic carbocycles. The summed E-state index contributed by atoms with van der Waals surface area (Å²) in [5.74, 6) is 0. The molecule has 0 radical (unpaired) electrons. The van der Waals surface area contributed by atoms with E-state index in [1.165, 1.54) is 0 Å². The lowest BCUT2D eigenvalue weighted by atomic mass is 9.76. The predicted molar refractivity (Wildman–Crippen MR) is 49.3 cm³/mol. The van der Waals surface area contributed by atoms with Crippen molar-refractivity contribution in [3.8, 4) is 0 Å². The highest BCUT2D eigenvalue weighted by molar-refractivity contribution is 5.19. The van der Waals surface area contributed by atoms with Gasteiger partial charge < -0.3 is 14.8 Å². The van der Waals surface area contributed by atoms with Crippen molar-refractivity contribution in [3.05, 3.63) is 24.0 Å². The molecule has 3 heteroatoms. The predicted octanol–water partition coefficient (Wildman–Crippen LogP) is 1.26. The van der Waals surface area contributed by atoms with Crippen molar-refractivity contribution in [2.45, 2.75) is 19.4 Å². The Morgan fingerprint density at radius 2 is 2.23 bits per heavy atom. The van der Waals surface area contributed by atoms with E-state index in [9.17, 15) is 5.11 Å². The second-order valence-electron chi connectivity index (χ2n) is 4.32. The van der Waals surface area contributed by atoms with Gasteiger partial charge in [-0.3, -0.25) is 0 Å². The molecule has 2 heterocycles. The first-order chi connectivity index (χ1) is 6.06. The Labute approximate surface area is 77.7 Å². The van der Waals surface area contributed by atoms with Gasteiger partial charge in [-0.15, -0.1) is 0 Å². The third-order valence-corrected chi connectivity index (χ3v) is 2.94. The summed E-state index contributed by atoms with van der Waals surface area (Å²) >= 11 is 0. The van der Waals surface area contributed by atoms with Crippen molar-refractivity contribution in [1.29, 1.82) is 0 Å². The highest BCUT2D eigenvalue weighted by Gasteiger charge is 2.50. The molecule has 1 atom stereocenters. The molecule has 0 saturated carbocycles. The molecule has 72 valence electrons. The average molecular weight is 181 g/mol. The summed E-state index contributed by atoms with van der Waals surface area (Å²) in [6, 6.07) is 3.79. The first-order valence-corrected chi connectivity index (χ1v) is 4.50. The number of nitrogens with one attached hydrogen (secondary N) is 1. The third-order valence-electron chi connectivity index (χ3n) is 2.94. The van der Waals surface area contributed by atoms with Gasteiger partial charge in [0.2, 0.25) is 0 Å². The van der Waals surface area contributed by atoms with Crippen LogP contribution < -0.4 is 0 Å². The van der Waals surface area contributed by atoms with Crippen LogP contribution in [0.3, 0.4) is 0 Å². The molecule has 1 aliphatic rings. The summed E-state index contributed by atoms with van der Waals surface area (Å²) in [5.41, 5.74) is -0.246. The quantitative estimate of drug-likeness (QED) is 0.685. The van der Waals surface area contributed by atoms with Crippen LogP contribution in [0.1, 0.15) is 19.5 Å². The third kappa shape index (κ3) is 1.11. The number of hydrogen-bond acceptors (Lipinski definition) is 2. The summed E-state index contributed by atoms with van der Waals surface area (Å²) in [4.78, 5) is 3.05. The average Bonchev–Trinajstić information content (AvgIpc) is 2.61. The van der Waals surface area contributed by atoms with Gasteiger partial charge in [0.15, 0.2) is 0 Å². The number of aromatic amines is 1. The molecule has 0 spiro atoms. The first kappa shape index (κ1) is 8.78. The molecule has 2 N–H and O–H groups in total. The number of ether oxygens (including phenoxy) is 1. The van der Waals surface area contributed by atoms with E-state index in [0.717, 1.165) is 5.69 Å². The molecule has 1 aliphatic heterocycles. The minimum atomic E-state index is -0.865. The fraction of sp³-hybridized carbons (Fsp3) is 0.600. The van der Waals surface area contributed by atoms with Crippen LogP contribution in [-0.4, -0.2) is 23.3 Å². The number of aliphatic hydroxyl groups is 1. The summed E-state index contributed by atoms with van der Waals surface area (Å²) in [6.07, 6.45) is 1.82. The maximum absolute atomic E-state index is 10.4. The Hall–Kier alpha value is -0.800. The standard InChI is InChI=1S/C10H15NO2/c1-9(2)6-13-7-10(9,12)8-4-3-5-11-8/h3-5,11-12H,6-7H2,1-2H3. The largest absolute Gasteiger partial charge is 0.381 e. The lowest BCUT2D eigenvalue weighted by Gasteiger charge is -2.33. The van der Waals surface area contributed by atoms with E-state index < -0.39 is 5.60 Å². The van der Waals surface area contributed by atoms with Crippen LogP contribution in [0.5, 0.6) is 0 Å². The number of hydrogen-bond donors (Lipinski definition) is 2. The van der Waals surface area contributed by atoms with Crippen molar-refractivity contribution in [2.75, 3.05) is 13.2 Å². The Kier molecular flexibility index (Phi) is 1.75. The zero-order valence-electron chi connectivity index (χ0n) is 8.00.